The van der Waals surface area contributed by atoms with Crippen LogP contribution in [0.2, 0.25) is 0 Å². The maximum atomic E-state index is 12.9. The number of hydrogen-bond donors (Lipinski definition) is 2. The molecule has 110 valence electrons. The van der Waals surface area contributed by atoms with Crippen molar-refractivity contribution in [3.8, 4) is 0 Å². The predicted molar refractivity (Wildman–Crippen MR) is 83.8 cm³/mol. The second-order valence-corrected chi connectivity index (χ2v) is 5.46. The van der Waals surface area contributed by atoms with Gasteiger partial charge >= 0.3 is 0 Å². The monoisotopic (exact) mass is 351 g/mol. The Bertz CT molecular complexity index is 646. The van der Waals surface area contributed by atoms with Crippen LogP contribution >= 0.6 is 15.9 Å². The van der Waals surface area contributed by atoms with Crippen molar-refractivity contribution in [1.29, 1.82) is 0 Å². The number of amides is 1. The lowest BCUT2D eigenvalue weighted by Gasteiger charge is -2.16. The molecule has 0 spiro atoms. The Kier molecular flexibility index (Phi) is 4.90. The van der Waals surface area contributed by atoms with Gasteiger partial charge in [-0.2, -0.15) is 0 Å². The summed E-state index contributed by atoms with van der Waals surface area (Å²) in [7, 11) is 1.70. The predicted octanol–water partition coefficient (Wildman–Crippen LogP) is 3.52. The second-order valence-electron chi connectivity index (χ2n) is 4.55. The molecule has 0 saturated carbocycles. The molecule has 4 nitrogen and oxygen atoms in total. The van der Waals surface area contributed by atoms with Gasteiger partial charge in [-0.25, -0.2) is 9.37 Å². The van der Waals surface area contributed by atoms with Gasteiger partial charge in [-0.3, -0.25) is 4.79 Å². The molecule has 1 unspecified atom stereocenters. The number of hydrogen-bond acceptors (Lipinski definition) is 3. The van der Waals surface area contributed by atoms with Gasteiger partial charge in [0, 0.05) is 17.7 Å². The number of rotatable bonds is 4. The van der Waals surface area contributed by atoms with Gasteiger partial charge in [0.05, 0.1) is 11.6 Å². The largest absolute Gasteiger partial charge is 0.372 e. The Labute approximate surface area is 130 Å². The van der Waals surface area contributed by atoms with Crippen LogP contribution in [0.25, 0.3) is 0 Å². The Balaban J connectivity index is 2.17. The Morgan fingerprint density at radius 1 is 1.33 bits per heavy atom. The van der Waals surface area contributed by atoms with Gasteiger partial charge < -0.3 is 10.6 Å². The summed E-state index contributed by atoms with van der Waals surface area (Å²) in [4.78, 5) is 16.5. The first kappa shape index (κ1) is 15.4. The molecule has 0 radical (unpaired) electrons. The summed E-state index contributed by atoms with van der Waals surface area (Å²) in [5.74, 6) is -0.0436. The molecule has 0 fully saturated rings. The minimum absolute atomic E-state index is 0.234. The van der Waals surface area contributed by atoms with Crippen LogP contribution in [0.1, 0.15) is 28.9 Å². The van der Waals surface area contributed by atoms with Gasteiger partial charge in [-0.05, 0) is 46.6 Å². The van der Waals surface area contributed by atoms with E-state index in [9.17, 15) is 9.18 Å². The summed E-state index contributed by atoms with van der Waals surface area (Å²) >= 11 is 3.30. The third kappa shape index (κ3) is 3.78. The first-order valence-corrected chi connectivity index (χ1v) is 7.20. The first-order chi connectivity index (χ1) is 10.0. The van der Waals surface area contributed by atoms with E-state index in [0.717, 1.165) is 10.0 Å². The lowest BCUT2D eigenvalue weighted by Crippen LogP contribution is -2.27. The van der Waals surface area contributed by atoms with Crippen LogP contribution in [0, 0.1) is 5.82 Å². The molecular formula is C15H15BrFN3O. The van der Waals surface area contributed by atoms with E-state index < -0.39 is 0 Å². The van der Waals surface area contributed by atoms with Crippen molar-refractivity contribution in [1.82, 2.24) is 10.3 Å². The van der Waals surface area contributed by atoms with E-state index in [1.54, 1.807) is 31.4 Å². The molecule has 0 aliphatic heterocycles. The fraction of sp³-hybridized carbons (Fsp3) is 0.200. The van der Waals surface area contributed by atoms with Crippen LogP contribution in [0.5, 0.6) is 0 Å². The zero-order chi connectivity index (χ0) is 15.4. The van der Waals surface area contributed by atoms with Gasteiger partial charge in [0.15, 0.2) is 0 Å². The van der Waals surface area contributed by atoms with Crippen LogP contribution in [-0.4, -0.2) is 17.9 Å². The Morgan fingerprint density at radius 2 is 2.00 bits per heavy atom. The molecule has 2 rings (SSSR count). The SMILES string of the molecule is CNc1ncc(Br)cc1C(=O)NC(C)c1ccc(F)cc1. The highest BCUT2D eigenvalue weighted by Crippen LogP contribution is 2.19. The summed E-state index contributed by atoms with van der Waals surface area (Å²) < 4.78 is 13.6. The van der Waals surface area contributed by atoms with Crippen LogP contribution in [0.4, 0.5) is 10.2 Å². The molecule has 2 N–H and O–H groups in total. The average molecular weight is 352 g/mol. The molecule has 1 aromatic heterocycles. The Morgan fingerprint density at radius 3 is 2.62 bits per heavy atom. The minimum Gasteiger partial charge on any atom is -0.372 e. The lowest BCUT2D eigenvalue weighted by atomic mass is 10.1. The number of aromatic nitrogens is 1. The molecule has 0 aliphatic carbocycles. The number of benzene rings is 1. The van der Waals surface area contributed by atoms with Crippen LogP contribution in [0.15, 0.2) is 41.0 Å². The van der Waals surface area contributed by atoms with Gasteiger partial charge in [0.1, 0.15) is 11.6 Å². The molecule has 1 heterocycles. The molecule has 21 heavy (non-hydrogen) atoms. The number of nitrogens with zero attached hydrogens (tertiary/aromatic N) is 1. The van der Waals surface area contributed by atoms with Crippen LogP contribution < -0.4 is 10.6 Å². The highest BCUT2D eigenvalue weighted by atomic mass is 79.9. The molecular weight excluding hydrogens is 337 g/mol. The maximum absolute atomic E-state index is 12.9. The number of pyridine rings is 1. The normalized spacial score (nSPS) is 11.8. The highest BCUT2D eigenvalue weighted by Gasteiger charge is 2.16. The molecule has 2 aromatic rings. The van der Waals surface area contributed by atoms with Crippen molar-refractivity contribution in [3.05, 3.63) is 57.9 Å². The molecule has 0 bridgehead atoms. The summed E-state index contributed by atoms with van der Waals surface area (Å²) in [6.07, 6.45) is 1.62. The number of anilines is 1. The summed E-state index contributed by atoms with van der Waals surface area (Å²) in [6, 6.07) is 7.51. The molecule has 1 aromatic carbocycles. The van der Waals surface area contributed by atoms with E-state index in [1.807, 2.05) is 6.92 Å². The van der Waals surface area contributed by atoms with Crippen molar-refractivity contribution in [2.75, 3.05) is 12.4 Å². The molecule has 1 amide bonds. The van der Waals surface area contributed by atoms with E-state index in [4.69, 9.17) is 0 Å². The van der Waals surface area contributed by atoms with E-state index in [2.05, 4.69) is 31.5 Å². The van der Waals surface area contributed by atoms with Crippen molar-refractivity contribution in [2.24, 2.45) is 0 Å². The summed E-state index contributed by atoms with van der Waals surface area (Å²) in [5, 5.41) is 5.75. The fourth-order valence-corrected chi connectivity index (χ4v) is 2.25. The smallest absolute Gasteiger partial charge is 0.255 e. The lowest BCUT2D eigenvalue weighted by molar-refractivity contribution is 0.0940. The second kappa shape index (κ2) is 6.67. The van der Waals surface area contributed by atoms with Crippen molar-refractivity contribution in [3.63, 3.8) is 0 Å². The standard InChI is InChI=1S/C15H15BrFN3O/c1-9(10-3-5-12(17)6-4-10)20-15(21)13-7-11(16)8-19-14(13)18-2/h3-9H,1-2H3,(H,18,19)(H,20,21). The van der Waals surface area contributed by atoms with Gasteiger partial charge in [0.2, 0.25) is 0 Å². The van der Waals surface area contributed by atoms with E-state index in [0.29, 0.717) is 11.4 Å². The molecule has 0 aliphatic rings. The highest BCUT2D eigenvalue weighted by molar-refractivity contribution is 9.10. The summed E-state index contributed by atoms with van der Waals surface area (Å²) in [5.41, 5.74) is 1.28. The summed E-state index contributed by atoms with van der Waals surface area (Å²) in [6.45, 7) is 1.84. The fourth-order valence-electron chi connectivity index (χ4n) is 1.92. The van der Waals surface area contributed by atoms with Crippen molar-refractivity contribution >= 4 is 27.7 Å². The minimum atomic E-state index is -0.300. The van der Waals surface area contributed by atoms with E-state index >= 15 is 0 Å². The van der Waals surface area contributed by atoms with Gasteiger partial charge in [-0.1, -0.05) is 12.1 Å². The molecule has 0 saturated heterocycles. The van der Waals surface area contributed by atoms with E-state index in [1.165, 1.54) is 12.1 Å². The number of carbonyl (C=O) groups is 1. The first-order valence-electron chi connectivity index (χ1n) is 6.41. The Hall–Kier alpha value is -1.95. The number of carbonyl (C=O) groups excluding carboxylic acids is 1. The molecule has 1 atom stereocenters. The van der Waals surface area contributed by atoms with Crippen LogP contribution in [0.3, 0.4) is 0 Å². The zero-order valence-electron chi connectivity index (χ0n) is 11.7. The van der Waals surface area contributed by atoms with Gasteiger partial charge in [0.25, 0.3) is 5.91 Å². The third-order valence-corrected chi connectivity index (χ3v) is 3.49. The van der Waals surface area contributed by atoms with Crippen molar-refractivity contribution < 1.29 is 9.18 Å². The zero-order valence-corrected chi connectivity index (χ0v) is 13.2. The van der Waals surface area contributed by atoms with Crippen molar-refractivity contribution in [2.45, 2.75) is 13.0 Å². The molecule has 6 heteroatoms. The maximum Gasteiger partial charge on any atom is 0.255 e. The topological polar surface area (TPSA) is 54.0 Å². The number of halogens is 2. The quantitative estimate of drug-likeness (QED) is 0.885. The van der Waals surface area contributed by atoms with E-state index in [-0.39, 0.29) is 17.8 Å². The van der Waals surface area contributed by atoms with Crippen LogP contribution in [-0.2, 0) is 0 Å². The third-order valence-electron chi connectivity index (χ3n) is 3.05. The van der Waals surface area contributed by atoms with Gasteiger partial charge in [-0.15, -0.1) is 0 Å². The average Bonchev–Trinajstić information content (AvgIpc) is 2.47. The number of nitrogens with one attached hydrogen (secondary N) is 2.